The van der Waals surface area contributed by atoms with Crippen molar-refractivity contribution in [3.63, 3.8) is 0 Å². The Bertz CT molecular complexity index is 400. The third kappa shape index (κ3) is 3.25. The highest BCUT2D eigenvalue weighted by molar-refractivity contribution is 5.48. The van der Waals surface area contributed by atoms with Gasteiger partial charge in [-0.15, -0.1) is 0 Å². The van der Waals surface area contributed by atoms with Crippen molar-refractivity contribution in [3.8, 4) is 0 Å². The van der Waals surface area contributed by atoms with Crippen LogP contribution in [0.25, 0.3) is 0 Å². The lowest BCUT2D eigenvalue weighted by molar-refractivity contribution is 0.197. The fraction of sp³-hybridized carbons (Fsp3) is 0.667. The Balaban J connectivity index is 2.10. The van der Waals surface area contributed by atoms with Gasteiger partial charge in [-0.05, 0) is 32.4 Å². The molecule has 1 aromatic heterocycles. The van der Waals surface area contributed by atoms with E-state index in [1.54, 1.807) is 13.1 Å². The molecule has 1 saturated heterocycles. The second-order valence-corrected chi connectivity index (χ2v) is 5.37. The maximum absolute atomic E-state index is 9.86. The van der Waals surface area contributed by atoms with Gasteiger partial charge in [-0.1, -0.05) is 13.0 Å². The number of nitrogens with zero attached hydrogens (tertiary/aromatic N) is 3. The molecule has 1 atom stereocenters. The molecule has 4 heteroatoms. The van der Waals surface area contributed by atoms with Crippen LogP contribution < -0.4 is 4.90 Å². The van der Waals surface area contributed by atoms with Gasteiger partial charge in [0.2, 0.25) is 0 Å². The summed E-state index contributed by atoms with van der Waals surface area (Å²) in [6.45, 7) is 7.46. The molecule has 4 nitrogen and oxygen atoms in total. The molecule has 1 aromatic rings. The zero-order valence-corrected chi connectivity index (χ0v) is 12.2. The van der Waals surface area contributed by atoms with Crippen molar-refractivity contribution in [3.05, 3.63) is 23.9 Å². The number of piperidine rings is 1. The number of rotatable bonds is 4. The number of aromatic nitrogens is 1. The predicted octanol–water partition coefficient (Wildman–Crippen LogP) is 2.06. The van der Waals surface area contributed by atoms with Gasteiger partial charge in [0.1, 0.15) is 5.82 Å². The summed E-state index contributed by atoms with van der Waals surface area (Å²) >= 11 is 0. The van der Waals surface area contributed by atoms with Crippen molar-refractivity contribution in [2.75, 3.05) is 31.6 Å². The van der Waals surface area contributed by atoms with Crippen LogP contribution in [0.5, 0.6) is 0 Å². The van der Waals surface area contributed by atoms with Crippen LogP contribution in [0.2, 0.25) is 0 Å². The van der Waals surface area contributed by atoms with Gasteiger partial charge in [0.05, 0.1) is 6.10 Å². The number of aliphatic hydroxyl groups excluding tert-OH is 1. The fourth-order valence-corrected chi connectivity index (χ4v) is 2.83. The van der Waals surface area contributed by atoms with E-state index in [0.29, 0.717) is 6.04 Å². The monoisotopic (exact) mass is 263 g/mol. The molecule has 1 aliphatic heterocycles. The number of hydrogen-bond donors (Lipinski definition) is 1. The molecule has 1 unspecified atom stereocenters. The van der Waals surface area contributed by atoms with Crippen LogP contribution >= 0.6 is 0 Å². The topological polar surface area (TPSA) is 39.6 Å². The van der Waals surface area contributed by atoms with Gasteiger partial charge in [0, 0.05) is 37.9 Å². The summed E-state index contributed by atoms with van der Waals surface area (Å²) in [6.07, 6.45) is 3.67. The lowest BCUT2D eigenvalue weighted by Crippen LogP contribution is -2.43. The summed E-state index contributed by atoms with van der Waals surface area (Å²) in [5.74, 6) is 0.924. The molecule has 0 aromatic carbocycles. The van der Waals surface area contributed by atoms with Crippen LogP contribution in [0.15, 0.2) is 18.3 Å². The molecule has 0 saturated carbocycles. The molecule has 2 rings (SSSR count). The van der Waals surface area contributed by atoms with Crippen molar-refractivity contribution < 1.29 is 5.11 Å². The summed E-state index contributed by atoms with van der Waals surface area (Å²) in [6, 6.07) is 4.37. The largest absolute Gasteiger partial charge is 0.389 e. The first-order chi connectivity index (χ1) is 9.13. The molecule has 0 amide bonds. The smallest absolute Gasteiger partial charge is 0.134 e. The Hall–Kier alpha value is -1.13. The molecule has 0 spiro atoms. The molecule has 0 aliphatic carbocycles. The van der Waals surface area contributed by atoms with Gasteiger partial charge in [0.25, 0.3) is 0 Å². The highest BCUT2D eigenvalue weighted by atomic mass is 16.3. The highest BCUT2D eigenvalue weighted by Crippen LogP contribution is 2.27. The zero-order valence-electron chi connectivity index (χ0n) is 12.2. The lowest BCUT2D eigenvalue weighted by Gasteiger charge is -2.37. The van der Waals surface area contributed by atoms with Crippen LogP contribution in [0, 0.1) is 0 Å². The molecule has 1 fully saturated rings. The molecular formula is C15H25N3O. The summed E-state index contributed by atoms with van der Waals surface area (Å²) in [7, 11) is 2.10. The molecule has 19 heavy (non-hydrogen) atoms. The van der Waals surface area contributed by atoms with Crippen LogP contribution in [-0.2, 0) is 0 Å². The second-order valence-electron chi connectivity index (χ2n) is 5.37. The van der Waals surface area contributed by atoms with Crippen LogP contribution in [-0.4, -0.2) is 47.7 Å². The molecule has 0 radical (unpaired) electrons. The lowest BCUT2D eigenvalue weighted by atomic mass is 10.0. The van der Waals surface area contributed by atoms with E-state index < -0.39 is 6.10 Å². The Kier molecular flexibility index (Phi) is 4.77. The van der Waals surface area contributed by atoms with E-state index in [1.807, 2.05) is 12.1 Å². The number of likely N-dealkylation sites (tertiary alicyclic amines) is 1. The third-order valence-corrected chi connectivity index (χ3v) is 4.15. The zero-order chi connectivity index (χ0) is 13.8. The van der Waals surface area contributed by atoms with E-state index in [1.165, 1.54) is 12.8 Å². The fourth-order valence-electron chi connectivity index (χ4n) is 2.83. The van der Waals surface area contributed by atoms with E-state index in [0.717, 1.165) is 31.0 Å². The average Bonchev–Trinajstić information content (AvgIpc) is 2.46. The molecule has 1 aliphatic rings. The molecule has 0 bridgehead atoms. The van der Waals surface area contributed by atoms with Crippen molar-refractivity contribution in [1.29, 1.82) is 0 Å². The minimum Gasteiger partial charge on any atom is -0.389 e. The van der Waals surface area contributed by atoms with Gasteiger partial charge < -0.3 is 14.9 Å². The highest BCUT2D eigenvalue weighted by Gasteiger charge is 2.24. The van der Waals surface area contributed by atoms with E-state index in [2.05, 4.69) is 28.8 Å². The molecular weight excluding hydrogens is 238 g/mol. The Morgan fingerprint density at radius 3 is 2.74 bits per heavy atom. The van der Waals surface area contributed by atoms with E-state index in [9.17, 15) is 5.11 Å². The molecule has 2 heterocycles. The normalized spacial score (nSPS) is 19.4. The Morgan fingerprint density at radius 1 is 1.47 bits per heavy atom. The summed E-state index contributed by atoms with van der Waals surface area (Å²) in [5.41, 5.74) is 0.919. The van der Waals surface area contributed by atoms with Gasteiger partial charge >= 0.3 is 0 Å². The van der Waals surface area contributed by atoms with E-state index in [-0.39, 0.29) is 0 Å². The summed E-state index contributed by atoms with van der Waals surface area (Å²) in [4.78, 5) is 9.20. The van der Waals surface area contributed by atoms with Crippen molar-refractivity contribution in [1.82, 2.24) is 9.88 Å². The second kappa shape index (κ2) is 6.35. The van der Waals surface area contributed by atoms with E-state index >= 15 is 0 Å². The van der Waals surface area contributed by atoms with Gasteiger partial charge in [0.15, 0.2) is 0 Å². The van der Waals surface area contributed by atoms with Crippen LogP contribution in [0.4, 0.5) is 5.82 Å². The average molecular weight is 263 g/mol. The standard InChI is InChI=1S/C15H25N3O/c1-4-18-10-7-13(8-11-18)17(3)15-14(12(2)19)6-5-9-16-15/h5-6,9,12-13,19H,4,7-8,10-11H2,1-3H3. The quantitative estimate of drug-likeness (QED) is 0.902. The number of anilines is 1. The Labute approximate surface area is 116 Å². The summed E-state index contributed by atoms with van der Waals surface area (Å²) in [5, 5.41) is 9.86. The minimum atomic E-state index is -0.470. The van der Waals surface area contributed by atoms with Gasteiger partial charge in [-0.25, -0.2) is 4.98 Å². The first-order valence-corrected chi connectivity index (χ1v) is 7.21. The first-order valence-electron chi connectivity index (χ1n) is 7.21. The van der Waals surface area contributed by atoms with Crippen molar-refractivity contribution in [2.24, 2.45) is 0 Å². The van der Waals surface area contributed by atoms with Crippen molar-refractivity contribution in [2.45, 2.75) is 38.8 Å². The van der Waals surface area contributed by atoms with Gasteiger partial charge in [-0.3, -0.25) is 0 Å². The third-order valence-electron chi connectivity index (χ3n) is 4.15. The Morgan fingerprint density at radius 2 is 2.16 bits per heavy atom. The number of pyridine rings is 1. The SMILES string of the molecule is CCN1CCC(N(C)c2ncccc2C(C)O)CC1. The van der Waals surface area contributed by atoms with E-state index in [4.69, 9.17) is 0 Å². The number of hydrogen-bond acceptors (Lipinski definition) is 4. The maximum Gasteiger partial charge on any atom is 0.134 e. The molecule has 1 N–H and O–H groups in total. The minimum absolute atomic E-state index is 0.470. The van der Waals surface area contributed by atoms with Crippen LogP contribution in [0.3, 0.4) is 0 Å². The first kappa shape index (κ1) is 14.3. The summed E-state index contributed by atoms with van der Waals surface area (Å²) < 4.78 is 0. The van der Waals surface area contributed by atoms with Crippen LogP contribution in [0.1, 0.15) is 38.4 Å². The van der Waals surface area contributed by atoms with Gasteiger partial charge in [-0.2, -0.15) is 0 Å². The maximum atomic E-state index is 9.86. The number of aliphatic hydroxyl groups is 1. The predicted molar refractivity (Wildman–Crippen MR) is 78.4 cm³/mol. The van der Waals surface area contributed by atoms with Crippen molar-refractivity contribution >= 4 is 5.82 Å². The molecule has 106 valence electrons.